The van der Waals surface area contributed by atoms with E-state index in [0.717, 1.165) is 11.0 Å². The summed E-state index contributed by atoms with van der Waals surface area (Å²) >= 11 is 6.51. The van der Waals surface area contributed by atoms with Gasteiger partial charge in [0.25, 0.3) is 11.8 Å². The van der Waals surface area contributed by atoms with Crippen LogP contribution in [0.25, 0.3) is 0 Å². The third-order valence-electron chi connectivity index (χ3n) is 7.33. The number of anilines is 2. The fourth-order valence-corrected chi connectivity index (χ4v) is 5.50. The molecule has 9 nitrogen and oxygen atoms in total. The van der Waals surface area contributed by atoms with Crippen LogP contribution >= 0.6 is 11.6 Å². The molecule has 13 heteroatoms. The molecular formula is C29H26ClF3N6O3. The number of aromatic nitrogens is 1. The largest absolute Gasteiger partial charge is 0.361 e. The van der Waals surface area contributed by atoms with Crippen LogP contribution in [0.5, 0.6) is 0 Å². The van der Waals surface area contributed by atoms with Crippen molar-refractivity contribution >= 4 is 34.9 Å². The summed E-state index contributed by atoms with van der Waals surface area (Å²) in [6.07, 6.45) is -1.09. The maximum Gasteiger partial charge on any atom is 0.252 e. The normalized spacial score (nSPS) is 20.8. The van der Waals surface area contributed by atoms with Crippen LogP contribution in [-0.4, -0.2) is 64.8 Å². The van der Waals surface area contributed by atoms with Crippen molar-refractivity contribution in [1.29, 1.82) is 5.26 Å². The molecule has 1 saturated carbocycles. The highest BCUT2D eigenvalue weighted by Crippen LogP contribution is 2.39. The number of nitriles is 1. The number of likely N-dealkylation sites (N-methyl/N-ethyl adjacent to an activating group) is 1. The number of halogens is 4. The first-order valence-corrected chi connectivity index (χ1v) is 13.4. The highest BCUT2D eigenvalue weighted by atomic mass is 35.5. The molecule has 3 atom stereocenters. The number of pyridine rings is 1. The van der Waals surface area contributed by atoms with Crippen molar-refractivity contribution in [3.05, 3.63) is 88.8 Å². The Kier molecular flexibility index (Phi) is 8.10. The Bertz CT molecular complexity index is 1540. The Morgan fingerprint density at radius 3 is 2.60 bits per heavy atom. The number of carbonyl (C=O) groups excluding carboxylic acids is 2. The van der Waals surface area contributed by atoms with Crippen LogP contribution in [0.1, 0.15) is 30.0 Å². The van der Waals surface area contributed by atoms with E-state index in [4.69, 9.17) is 11.6 Å². The van der Waals surface area contributed by atoms with Crippen molar-refractivity contribution in [3.8, 4) is 6.07 Å². The number of alkyl halides is 2. The number of benzene rings is 2. The van der Waals surface area contributed by atoms with Gasteiger partial charge in [0, 0.05) is 47.9 Å². The molecule has 0 bridgehead atoms. The van der Waals surface area contributed by atoms with E-state index in [-0.39, 0.29) is 34.2 Å². The lowest BCUT2D eigenvalue weighted by Crippen LogP contribution is -2.56. The van der Waals surface area contributed by atoms with E-state index in [2.05, 4.69) is 10.3 Å². The zero-order valence-corrected chi connectivity index (χ0v) is 23.0. The van der Waals surface area contributed by atoms with E-state index in [9.17, 15) is 33.1 Å². The van der Waals surface area contributed by atoms with Gasteiger partial charge < -0.3 is 15.3 Å². The molecule has 2 amide bonds. The third kappa shape index (κ3) is 5.76. The van der Waals surface area contributed by atoms with E-state index in [1.54, 1.807) is 19.2 Å². The van der Waals surface area contributed by atoms with Crippen molar-refractivity contribution in [2.24, 2.45) is 0 Å². The summed E-state index contributed by atoms with van der Waals surface area (Å²) in [7, 11) is 1.57. The van der Waals surface area contributed by atoms with Crippen LogP contribution in [0.4, 0.5) is 24.7 Å². The Labute approximate surface area is 244 Å². The molecule has 1 aromatic heterocycles. The molecule has 0 spiro atoms. The second-order valence-corrected chi connectivity index (χ2v) is 10.7. The predicted octanol–water partition coefficient (Wildman–Crippen LogP) is 3.83. The maximum atomic E-state index is 14.6. The number of amides is 2. The van der Waals surface area contributed by atoms with Crippen LogP contribution in [0, 0.1) is 17.1 Å². The number of nitrogens with zero attached hydrogens (tertiary/aromatic N) is 5. The average molecular weight is 599 g/mol. The summed E-state index contributed by atoms with van der Waals surface area (Å²) < 4.78 is 41.8. The van der Waals surface area contributed by atoms with Crippen LogP contribution in [0.15, 0.2) is 66.9 Å². The first kappa shape index (κ1) is 29.3. The molecule has 42 heavy (non-hydrogen) atoms. The topological polar surface area (TPSA) is 113 Å². The van der Waals surface area contributed by atoms with Crippen LogP contribution < -0.4 is 15.1 Å². The van der Waals surface area contributed by atoms with Crippen molar-refractivity contribution in [2.75, 3.05) is 23.4 Å². The Hall–Kier alpha value is -4.18. The van der Waals surface area contributed by atoms with Gasteiger partial charge in [-0.3, -0.25) is 19.4 Å². The van der Waals surface area contributed by atoms with Gasteiger partial charge in [-0.05, 0) is 43.4 Å². The summed E-state index contributed by atoms with van der Waals surface area (Å²) in [5, 5.41) is 23.1. The van der Waals surface area contributed by atoms with Crippen LogP contribution in [-0.2, 0) is 9.59 Å². The summed E-state index contributed by atoms with van der Waals surface area (Å²) in [6, 6.07) is 12.7. The number of hydrogen-bond donors (Lipinski definition) is 2. The Morgan fingerprint density at radius 2 is 1.93 bits per heavy atom. The number of hydrogen-bond acceptors (Lipinski definition) is 7. The lowest BCUT2D eigenvalue weighted by atomic mass is 9.87. The van der Waals surface area contributed by atoms with Gasteiger partial charge in [-0.15, -0.1) is 0 Å². The molecule has 2 fully saturated rings. The zero-order valence-electron chi connectivity index (χ0n) is 22.3. The van der Waals surface area contributed by atoms with Gasteiger partial charge in [0.05, 0.1) is 11.6 Å². The fraction of sp³-hybridized carbons (Fsp3) is 0.310. The Morgan fingerprint density at radius 1 is 1.19 bits per heavy atom. The lowest BCUT2D eigenvalue weighted by molar-refractivity contribution is -0.133. The average Bonchev–Trinajstić information content (AvgIpc) is 3.24. The minimum absolute atomic E-state index is 0.00161. The van der Waals surface area contributed by atoms with E-state index in [1.165, 1.54) is 58.5 Å². The summed E-state index contributed by atoms with van der Waals surface area (Å²) in [5.74, 6) is -4.99. The SMILES string of the molecule is CN1C[C@@H](C(=O)N(c2cccc(F)c2)C(C(=O)NC2CC(F)(F)C2)c2ccccc2Cl)N(c2cc(C#N)ccn2)C1O. The minimum atomic E-state index is -2.91. The first-order valence-electron chi connectivity index (χ1n) is 13.0. The molecule has 1 saturated heterocycles. The third-order valence-corrected chi connectivity index (χ3v) is 7.67. The number of rotatable bonds is 7. The second kappa shape index (κ2) is 11.6. The molecule has 2 unspecified atom stereocenters. The van der Waals surface area contributed by atoms with Crippen molar-refractivity contribution in [2.45, 2.75) is 43.2 Å². The van der Waals surface area contributed by atoms with E-state index in [1.807, 2.05) is 6.07 Å². The first-order chi connectivity index (χ1) is 20.0. The van der Waals surface area contributed by atoms with E-state index >= 15 is 0 Å². The standard InChI is InChI=1S/C29H26ClF3N6O3/c1-37-16-23(39(28(37)42)24-11-17(15-34)9-10-35-24)27(41)38(20-6-4-5-18(31)12-20)25(21-7-2-3-8-22(21)30)26(40)36-19-13-29(32,33)14-19/h2-12,19,23,25,28,42H,13-14,16H2,1H3,(H,36,40)/t23-,25?,28?/m0/s1. The van der Waals surface area contributed by atoms with Gasteiger partial charge in [0.15, 0.2) is 6.35 Å². The summed E-state index contributed by atoms with van der Waals surface area (Å²) in [5.41, 5.74) is 0.422. The molecule has 218 valence electrons. The molecule has 2 aliphatic rings. The van der Waals surface area contributed by atoms with Crippen molar-refractivity contribution in [1.82, 2.24) is 15.2 Å². The van der Waals surface area contributed by atoms with E-state index < -0.39 is 60.9 Å². The maximum absolute atomic E-state index is 14.6. The Balaban J connectivity index is 1.62. The number of aliphatic hydroxyl groups is 1. The second-order valence-electron chi connectivity index (χ2n) is 10.3. The van der Waals surface area contributed by atoms with Crippen molar-refractivity contribution in [3.63, 3.8) is 0 Å². The number of aliphatic hydroxyl groups excluding tert-OH is 1. The fourth-order valence-electron chi connectivity index (χ4n) is 5.26. The summed E-state index contributed by atoms with van der Waals surface area (Å²) in [4.78, 5) is 36.5. The quantitative estimate of drug-likeness (QED) is 0.425. The number of nitrogens with one attached hydrogen (secondary N) is 1. The smallest absolute Gasteiger partial charge is 0.252 e. The molecule has 1 aliphatic carbocycles. The molecule has 2 heterocycles. The lowest BCUT2D eigenvalue weighted by Gasteiger charge is -2.39. The summed E-state index contributed by atoms with van der Waals surface area (Å²) in [6.45, 7) is -0.0318. The van der Waals surface area contributed by atoms with Gasteiger partial charge in [0.2, 0.25) is 5.91 Å². The highest BCUT2D eigenvalue weighted by molar-refractivity contribution is 6.31. The highest BCUT2D eigenvalue weighted by Gasteiger charge is 2.49. The van der Waals surface area contributed by atoms with Gasteiger partial charge >= 0.3 is 0 Å². The monoisotopic (exact) mass is 598 g/mol. The molecule has 2 N–H and O–H groups in total. The van der Waals surface area contributed by atoms with Crippen LogP contribution in [0.2, 0.25) is 5.02 Å². The molecule has 2 aromatic carbocycles. The van der Waals surface area contributed by atoms with Gasteiger partial charge in [-0.2, -0.15) is 5.26 Å². The van der Waals surface area contributed by atoms with Crippen molar-refractivity contribution < 1.29 is 27.9 Å². The van der Waals surface area contributed by atoms with Gasteiger partial charge in [0.1, 0.15) is 23.7 Å². The zero-order chi connectivity index (χ0) is 30.2. The van der Waals surface area contributed by atoms with E-state index in [0.29, 0.717) is 0 Å². The molecule has 0 radical (unpaired) electrons. The van der Waals surface area contributed by atoms with Gasteiger partial charge in [-0.25, -0.2) is 18.2 Å². The minimum Gasteiger partial charge on any atom is -0.361 e. The predicted molar refractivity (Wildman–Crippen MR) is 148 cm³/mol. The van der Waals surface area contributed by atoms with Crippen LogP contribution in [0.3, 0.4) is 0 Å². The molecule has 1 aliphatic heterocycles. The molecule has 3 aromatic rings. The molecule has 5 rings (SSSR count). The number of carbonyl (C=O) groups is 2. The molecular weight excluding hydrogens is 573 g/mol. The van der Waals surface area contributed by atoms with Gasteiger partial charge in [-0.1, -0.05) is 35.9 Å².